The second-order valence-electron chi connectivity index (χ2n) is 9.18. The maximum absolute atomic E-state index is 13.5. The van der Waals surface area contributed by atoms with Crippen molar-refractivity contribution in [2.45, 2.75) is 71.9 Å². The van der Waals surface area contributed by atoms with Gasteiger partial charge in [0, 0.05) is 39.2 Å². The molecule has 3 rings (SSSR count). The Morgan fingerprint density at radius 1 is 1.12 bits per heavy atom. The molecular formula is C25H37N3O4. The topological polar surface area (TPSA) is 79.0 Å². The third kappa shape index (κ3) is 5.49. The van der Waals surface area contributed by atoms with Gasteiger partial charge in [-0.05, 0) is 56.7 Å². The zero-order valence-electron chi connectivity index (χ0n) is 19.9. The van der Waals surface area contributed by atoms with Crippen molar-refractivity contribution in [1.29, 1.82) is 0 Å². The Morgan fingerprint density at radius 2 is 1.81 bits per heavy atom. The van der Waals surface area contributed by atoms with Crippen LogP contribution in [0.25, 0.3) is 0 Å². The van der Waals surface area contributed by atoms with Crippen LogP contribution in [0.1, 0.15) is 60.8 Å². The molecule has 32 heavy (non-hydrogen) atoms. The SMILES string of the molecule is COCCNC(=O)CCCN1C(=O)C2CCCCC2N(Cc2c(C)cc(C)cc2C)C1=O. The number of urea groups is 1. The number of imide groups is 1. The van der Waals surface area contributed by atoms with Crippen molar-refractivity contribution in [3.05, 3.63) is 34.4 Å². The maximum Gasteiger partial charge on any atom is 0.327 e. The molecule has 2 unspecified atom stereocenters. The summed E-state index contributed by atoms with van der Waals surface area (Å²) in [6.45, 7) is 7.99. The predicted molar refractivity (Wildman–Crippen MR) is 123 cm³/mol. The second-order valence-corrected chi connectivity index (χ2v) is 9.18. The molecule has 1 aliphatic carbocycles. The van der Waals surface area contributed by atoms with Crippen LogP contribution in [-0.4, -0.2) is 60.5 Å². The first-order valence-corrected chi connectivity index (χ1v) is 11.8. The molecule has 0 aromatic heterocycles. The Kier molecular flexibility index (Phi) is 8.29. The van der Waals surface area contributed by atoms with Gasteiger partial charge in [0.1, 0.15) is 0 Å². The fourth-order valence-electron chi connectivity index (χ4n) is 5.16. The predicted octanol–water partition coefficient (Wildman–Crippen LogP) is 3.48. The highest BCUT2D eigenvalue weighted by Gasteiger charge is 2.46. The van der Waals surface area contributed by atoms with Crippen molar-refractivity contribution >= 4 is 17.8 Å². The smallest absolute Gasteiger partial charge is 0.327 e. The van der Waals surface area contributed by atoms with Crippen molar-refractivity contribution in [3.8, 4) is 0 Å². The third-order valence-corrected chi connectivity index (χ3v) is 6.77. The number of nitrogens with zero attached hydrogens (tertiary/aromatic N) is 2. The first-order chi connectivity index (χ1) is 15.3. The Hall–Kier alpha value is -2.41. The second kappa shape index (κ2) is 10.9. The number of fused-ring (bicyclic) bond motifs is 1. The van der Waals surface area contributed by atoms with Crippen molar-refractivity contribution in [2.24, 2.45) is 5.92 Å². The summed E-state index contributed by atoms with van der Waals surface area (Å²) in [6.07, 6.45) is 4.52. The average molecular weight is 444 g/mol. The molecule has 1 heterocycles. The Balaban J connectivity index is 1.73. The number of benzene rings is 1. The van der Waals surface area contributed by atoms with E-state index in [0.29, 0.717) is 26.1 Å². The largest absolute Gasteiger partial charge is 0.383 e. The number of carbonyl (C=O) groups is 3. The first kappa shape index (κ1) is 24.2. The van der Waals surface area contributed by atoms with Crippen molar-refractivity contribution in [1.82, 2.24) is 15.1 Å². The van der Waals surface area contributed by atoms with E-state index < -0.39 is 0 Å². The zero-order valence-corrected chi connectivity index (χ0v) is 19.9. The number of methoxy groups -OCH3 is 1. The van der Waals surface area contributed by atoms with Crippen LogP contribution in [0.5, 0.6) is 0 Å². The van der Waals surface area contributed by atoms with Gasteiger partial charge in [0.2, 0.25) is 11.8 Å². The normalized spacial score (nSPS) is 21.0. The number of hydrogen-bond acceptors (Lipinski definition) is 4. The monoisotopic (exact) mass is 443 g/mol. The lowest BCUT2D eigenvalue weighted by molar-refractivity contribution is -0.141. The van der Waals surface area contributed by atoms with E-state index in [4.69, 9.17) is 4.74 Å². The summed E-state index contributed by atoms with van der Waals surface area (Å²) in [7, 11) is 1.59. The fraction of sp³-hybridized carbons (Fsp3) is 0.640. The summed E-state index contributed by atoms with van der Waals surface area (Å²) in [5.41, 5.74) is 4.74. The molecule has 2 fully saturated rings. The Bertz CT molecular complexity index is 831. The van der Waals surface area contributed by atoms with E-state index in [2.05, 4.69) is 38.2 Å². The van der Waals surface area contributed by atoms with Crippen LogP contribution >= 0.6 is 0 Å². The van der Waals surface area contributed by atoms with Gasteiger partial charge in [-0.3, -0.25) is 14.5 Å². The minimum absolute atomic E-state index is 0.0301. The number of aryl methyl sites for hydroxylation is 3. The van der Waals surface area contributed by atoms with Gasteiger partial charge >= 0.3 is 6.03 Å². The molecule has 1 aromatic rings. The van der Waals surface area contributed by atoms with Gasteiger partial charge in [-0.1, -0.05) is 30.5 Å². The van der Waals surface area contributed by atoms with Crippen LogP contribution in [0, 0.1) is 26.7 Å². The lowest BCUT2D eigenvalue weighted by Crippen LogP contribution is -2.62. The van der Waals surface area contributed by atoms with Gasteiger partial charge in [-0.2, -0.15) is 0 Å². The number of carbonyl (C=O) groups excluding carboxylic acids is 3. The minimum atomic E-state index is -0.211. The molecule has 1 N–H and O–H groups in total. The van der Waals surface area contributed by atoms with Gasteiger partial charge < -0.3 is 15.0 Å². The minimum Gasteiger partial charge on any atom is -0.383 e. The summed E-state index contributed by atoms with van der Waals surface area (Å²) in [6, 6.07) is 4.07. The molecule has 4 amide bonds. The average Bonchev–Trinajstić information content (AvgIpc) is 2.75. The molecule has 1 saturated heterocycles. The molecule has 0 radical (unpaired) electrons. The highest BCUT2D eigenvalue weighted by molar-refractivity contribution is 5.98. The molecule has 0 bridgehead atoms. The number of ether oxygens (including phenoxy) is 1. The van der Waals surface area contributed by atoms with Crippen molar-refractivity contribution in [3.63, 3.8) is 0 Å². The summed E-state index contributed by atoms with van der Waals surface area (Å²) in [4.78, 5) is 42.0. The van der Waals surface area contributed by atoms with Gasteiger partial charge in [-0.15, -0.1) is 0 Å². The maximum atomic E-state index is 13.5. The van der Waals surface area contributed by atoms with Crippen LogP contribution in [0.2, 0.25) is 0 Å². The van der Waals surface area contributed by atoms with Gasteiger partial charge in [0.05, 0.1) is 12.5 Å². The fourth-order valence-corrected chi connectivity index (χ4v) is 5.16. The third-order valence-electron chi connectivity index (χ3n) is 6.77. The molecule has 2 aliphatic rings. The van der Waals surface area contributed by atoms with E-state index >= 15 is 0 Å². The zero-order chi connectivity index (χ0) is 23.3. The quantitative estimate of drug-likeness (QED) is 0.593. The summed E-state index contributed by atoms with van der Waals surface area (Å²) >= 11 is 0. The van der Waals surface area contributed by atoms with Crippen molar-refractivity contribution < 1.29 is 19.1 Å². The number of nitrogens with one attached hydrogen (secondary N) is 1. The van der Waals surface area contributed by atoms with Crippen LogP contribution in [-0.2, 0) is 20.9 Å². The molecule has 7 nitrogen and oxygen atoms in total. The van der Waals surface area contributed by atoms with Crippen LogP contribution in [0.15, 0.2) is 12.1 Å². The molecule has 0 spiro atoms. The lowest BCUT2D eigenvalue weighted by atomic mass is 9.80. The van der Waals surface area contributed by atoms with Gasteiger partial charge in [0.25, 0.3) is 0 Å². The van der Waals surface area contributed by atoms with E-state index in [9.17, 15) is 14.4 Å². The van der Waals surface area contributed by atoms with Crippen LogP contribution < -0.4 is 5.32 Å². The van der Waals surface area contributed by atoms with E-state index in [0.717, 1.165) is 25.7 Å². The van der Waals surface area contributed by atoms with Gasteiger partial charge in [0.15, 0.2) is 0 Å². The highest BCUT2D eigenvalue weighted by Crippen LogP contribution is 2.36. The Labute approximate surface area is 191 Å². The molecule has 2 atom stereocenters. The van der Waals surface area contributed by atoms with E-state index in [1.165, 1.54) is 27.2 Å². The van der Waals surface area contributed by atoms with E-state index in [-0.39, 0.29) is 42.8 Å². The molecular weight excluding hydrogens is 406 g/mol. The molecule has 1 aliphatic heterocycles. The summed E-state index contributed by atoms with van der Waals surface area (Å²) in [5.74, 6) is -0.284. The summed E-state index contributed by atoms with van der Waals surface area (Å²) in [5, 5.41) is 2.78. The first-order valence-electron chi connectivity index (χ1n) is 11.8. The highest BCUT2D eigenvalue weighted by atomic mass is 16.5. The lowest BCUT2D eigenvalue weighted by Gasteiger charge is -2.47. The molecule has 1 aromatic carbocycles. The number of amides is 4. The van der Waals surface area contributed by atoms with E-state index in [1.807, 2.05) is 4.90 Å². The molecule has 176 valence electrons. The number of hydrogen-bond donors (Lipinski definition) is 1. The summed E-state index contributed by atoms with van der Waals surface area (Å²) < 4.78 is 4.94. The Morgan fingerprint density at radius 3 is 2.50 bits per heavy atom. The molecule has 1 saturated carbocycles. The molecule has 7 heteroatoms. The van der Waals surface area contributed by atoms with Crippen molar-refractivity contribution in [2.75, 3.05) is 26.8 Å². The van der Waals surface area contributed by atoms with Gasteiger partial charge in [-0.25, -0.2) is 4.79 Å². The van der Waals surface area contributed by atoms with E-state index in [1.54, 1.807) is 7.11 Å². The standard InChI is InChI=1S/C25H37N3O4/c1-17-14-18(2)21(19(3)15-17)16-28-22-9-6-5-8-20(22)24(30)27(25(28)31)12-7-10-23(29)26-11-13-32-4/h14-15,20,22H,5-13,16H2,1-4H3,(H,26,29). The van der Waals surface area contributed by atoms with Crippen LogP contribution in [0.3, 0.4) is 0 Å². The van der Waals surface area contributed by atoms with Crippen LogP contribution in [0.4, 0.5) is 4.79 Å². The number of rotatable bonds is 9.